The largest absolute Gasteiger partial charge is 0.272 e. The van der Waals surface area contributed by atoms with E-state index in [1.54, 1.807) is 25.4 Å². The summed E-state index contributed by atoms with van der Waals surface area (Å²) in [6.45, 7) is 2.34. The Morgan fingerprint density at radius 3 is 2.64 bits per heavy atom. The summed E-state index contributed by atoms with van der Waals surface area (Å²) in [5.41, 5.74) is 1.47. The molecule has 2 bridgehead atoms. The highest BCUT2D eigenvalue weighted by atomic mass is 19.1. The molecule has 3 saturated carbocycles. The van der Waals surface area contributed by atoms with Crippen LogP contribution in [0, 0.1) is 40.7 Å². The number of amides is 1. The SMILES string of the molecule is Cc1cc(F)c(C2CC=NN2C(=O)C23CC(Cn4ncc5cc(C#N)ccc54)(C2)C3)c(F)c1. The molecular formula is C25H21F2N5O. The van der Waals surface area contributed by atoms with Crippen LogP contribution < -0.4 is 0 Å². The topological polar surface area (TPSA) is 74.3 Å². The number of benzene rings is 2. The van der Waals surface area contributed by atoms with Crippen LogP contribution in [0.15, 0.2) is 41.6 Å². The lowest BCUT2D eigenvalue weighted by atomic mass is 9.34. The van der Waals surface area contributed by atoms with E-state index in [4.69, 9.17) is 5.26 Å². The second-order valence-corrected chi connectivity index (χ2v) is 9.84. The van der Waals surface area contributed by atoms with E-state index >= 15 is 0 Å². The Morgan fingerprint density at radius 2 is 1.94 bits per heavy atom. The van der Waals surface area contributed by atoms with Gasteiger partial charge in [-0.2, -0.15) is 15.5 Å². The number of hydrogen-bond acceptors (Lipinski definition) is 4. The Balaban J connectivity index is 1.19. The number of rotatable bonds is 4. The number of nitriles is 1. The van der Waals surface area contributed by atoms with Gasteiger partial charge in [-0.3, -0.25) is 9.48 Å². The lowest BCUT2D eigenvalue weighted by Gasteiger charge is -2.69. The summed E-state index contributed by atoms with van der Waals surface area (Å²) in [6.07, 6.45) is 5.77. The quantitative estimate of drug-likeness (QED) is 0.588. The maximum Gasteiger partial charge on any atom is 0.249 e. The first kappa shape index (κ1) is 20.0. The first-order valence-corrected chi connectivity index (χ1v) is 11.0. The van der Waals surface area contributed by atoms with Gasteiger partial charge in [-0.05, 0) is 67.5 Å². The van der Waals surface area contributed by atoms with Crippen molar-refractivity contribution in [2.75, 3.05) is 0 Å². The van der Waals surface area contributed by atoms with Crippen molar-refractivity contribution in [2.24, 2.45) is 15.9 Å². The van der Waals surface area contributed by atoms with E-state index in [2.05, 4.69) is 16.3 Å². The van der Waals surface area contributed by atoms with Crippen molar-refractivity contribution in [3.8, 4) is 6.07 Å². The fraction of sp³-hybridized carbons (Fsp3) is 0.360. The van der Waals surface area contributed by atoms with Crippen LogP contribution in [0.25, 0.3) is 10.9 Å². The summed E-state index contributed by atoms with van der Waals surface area (Å²) in [6, 6.07) is 9.49. The molecule has 2 aromatic carbocycles. The maximum absolute atomic E-state index is 14.6. The van der Waals surface area contributed by atoms with Gasteiger partial charge in [-0.15, -0.1) is 0 Å². The predicted octanol–water partition coefficient (Wildman–Crippen LogP) is 4.62. The van der Waals surface area contributed by atoms with E-state index < -0.39 is 23.1 Å². The van der Waals surface area contributed by atoms with E-state index in [0.29, 0.717) is 43.4 Å². The Kier molecular flexibility index (Phi) is 4.07. The third-order valence-electron chi connectivity index (χ3n) is 7.44. The fourth-order valence-electron chi connectivity index (χ4n) is 6.11. The molecule has 7 rings (SSSR count). The standard InChI is InChI=1S/C25H21F2N5O/c1-15-6-18(26)22(19(27)7-15)21-4-5-29-32(21)23(33)25-11-24(12-25,13-25)14-31-20-3-2-16(9-28)8-17(20)10-30-31/h2-3,5-8,10,21H,4,11-14H2,1H3. The zero-order valence-electron chi connectivity index (χ0n) is 18.1. The van der Waals surface area contributed by atoms with Crippen LogP contribution in [0.5, 0.6) is 0 Å². The minimum atomic E-state index is -0.743. The Labute approximate surface area is 189 Å². The van der Waals surface area contributed by atoms with Gasteiger partial charge in [-0.25, -0.2) is 13.8 Å². The summed E-state index contributed by atoms with van der Waals surface area (Å²) in [4.78, 5) is 13.4. The number of carbonyl (C=O) groups is 1. The van der Waals surface area contributed by atoms with Gasteiger partial charge < -0.3 is 0 Å². The van der Waals surface area contributed by atoms with Crippen molar-refractivity contribution in [2.45, 2.75) is 45.2 Å². The van der Waals surface area contributed by atoms with Crippen molar-refractivity contribution in [1.29, 1.82) is 5.26 Å². The lowest BCUT2D eigenvalue weighted by molar-refractivity contribution is -0.223. The molecule has 3 fully saturated rings. The second kappa shape index (κ2) is 6.70. The van der Waals surface area contributed by atoms with Crippen LogP contribution in [-0.2, 0) is 11.3 Å². The van der Waals surface area contributed by atoms with Crippen molar-refractivity contribution in [1.82, 2.24) is 14.8 Å². The van der Waals surface area contributed by atoms with Crippen molar-refractivity contribution in [3.05, 3.63) is 64.9 Å². The Morgan fingerprint density at radius 1 is 1.21 bits per heavy atom. The Hall–Kier alpha value is -3.60. The van der Waals surface area contributed by atoms with Crippen LogP contribution in [-0.4, -0.2) is 26.9 Å². The summed E-state index contributed by atoms with van der Waals surface area (Å²) in [5, 5.41) is 20.0. The molecule has 0 saturated heterocycles. The van der Waals surface area contributed by atoms with Crippen LogP contribution in [0.3, 0.4) is 0 Å². The first-order valence-electron chi connectivity index (χ1n) is 11.0. The molecule has 33 heavy (non-hydrogen) atoms. The van der Waals surface area contributed by atoms with Gasteiger partial charge in [-0.1, -0.05) is 0 Å². The summed E-state index contributed by atoms with van der Waals surface area (Å²) in [7, 11) is 0. The molecule has 166 valence electrons. The van der Waals surface area contributed by atoms with Crippen LogP contribution >= 0.6 is 0 Å². The average Bonchev–Trinajstić information content (AvgIpc) is 3.35. The number of aryl methyl sites for hydroxylation is 1. The molecule has 6 nitrogen and oxygen atoms in total. The normalized spacial score (nSPS) is 27.3. The van der Waals surface area contributed by atoms with E-state index in [1.807, 2.05) is 16.8 Å². The van der Waals surface area contributed by atoms with Gasteiger partial charge in [0.15, 0.2) is 0 Å². The van der Waals surface area contributed by atoms with Gasteiger partial charge >= 0.3 is 0 Å². The molecule has 1 unspecified atom stereocenters. The summed E-state index contributed by atoms with van der Waals surface area (Å²) >= 11 is 0. The van der Waals surface area contributed by atoms with Gasteiger partial charge in [0.2, 0.25) is 5.91 Å². The molecule has 0 spiro atoms. The highest BCUT2D eigenvalue weighted by molar-refractivity contribution is 5.88. The van der Waals surface area contributed by atoms with Crippen LogP contribution in [0.1, 0.15) is 48.4 Å². The highest BCUT2D eigenvalue weighted by Crippen LogP contribution is 2.74. The molecule has 3 aliphatic carbocycles. The molecule has 0 radical (unpaired) electrons. The number of hydrazone groups is 1. The smallest absolute Gasteiger partial charge is 0.249 e. The summed E-state index contributed by atoms with van der Waals surface area (Å²) < 4.78 is 31.1. The number of aromatic nitrogens is 2. The van der Waals surface area contributed by atoms with Gasteiger partial charge in [0.05, 0.1) is 34.8 Å². The van der Waals surface area contributed by atoms with Gasteiger partial charge in [0.25, 0.3) is 0 Å². The predicted molar refractivity (Wildman–Crippen MR) is 117 cm³/mol. The average molecular weight is 445 g/mol. The molecule has 1 amide bonds. The molecule has 0 N–H and O–H groups in total. The minimum Gasteiger partial charge on any atom is -0.272 e. The van der Waals surface area contributed by atoms with Crippen molar-refractivity contribution in [3.63, 3.8) is 0 Å². The number of carbonyl (C=O) groups excluding carboxylic acids is 1. The molecule has 1 atom stereocenters. The highest BCUT2D eigenvalue weighted by Gasteiger charge is 2.72. The third kappa shape index (κ3) is 2.85. The zero-order chi connectivity index (χ0) is 23.0. The van der Waals surface area contributed by atoms with Crippen LogP contribution in [0.2, 0.25) is 0 Å². The molecule has 3 aromatic rings. The Bertz CT molecular complexity index is 1360. The van der Waals surface area contributed by atoms with E-state index in [1.165, 1.54) is 17.1 Å². The number of halogens is 2. The monoisotopic (exact) mass is 445 g/mol. The minimum absolute atomic E-state index is 0.00179. The molecular weight excluding hydrogens is 424 g/mol. The van der Waals surface area contributed by atoms with Crippen LogP contribution in [0.4, 0.5) is 8.78 Å². The number of hydrogen-bond donors (Lipinski definition) is 0. The molecule has 8 heteroatoms. The fourth-order valence-corrected chi connectivity index (χ4v) is 6.11. The maximum atomic E-state index is 14.6. The number of nitrogens with zero attached hydrogens (tertiary/aromatic N) is 5. The van der Waals surface area contributed by atoms with Crippen molar-refractivity contribution < 1.29 is 13.6 Å². The first-order chi connectivity index (χ1) is 15.8. The second-order valence-electron chi connectivity index (χ2n) is 9.84. The number of fused-ring (bicyclic) bond motifs is 1. The summed E-state index contributed by atoms with van der Waals surface area (Å²) in [5.74, 6) is -1.42. The molecule has 1 aromatic heterocycles. The third-order valence-corrected chi connectivity index (χ3v) is 7.44. The van der Waals surface area contributed by atoms with E-state index in [0.717, 1.165) is 10.9 Å². The van der Waals surface area contributed by atoms with Crippen molar-refractivity contribution >= 4 is 23.0 Å². The molecule has 4 aliphatic rings. The van der Waals surface area contributed by atoms with Gasteiger partial charge in [0, 0.05) is 30.1 Å². The van der Waals surface area contributed by atoms with E-state index in [9.17, 15) is 13.6 Å². The molecule has 1 aliphatic heterocycles. The van der Waals surface area contributed by atoms with E-state index in [-0.39, 0.29) is 16.9 Å². The van der Waals surface area contributed by atoms with Gasteiger partial charge in [0.1, 0.15) is 11.6 Å². The molecule has 2 heterocycles. The lowest BCUT2D eigenvalue weighted by Crippen LogP contribution is -2.68. The zero-order valence-corrected chi connectivity index (χ0v) is 18.1.